The number of hydrogen-bond donors (Lipinski definition) is 1. The minimum Gasteiger partial charge on any atom is -0.481 e. The second-order valence-electron chi connectivity index (χ2n) is 7.12. The van der Waals surface area contributed by atoms with Gasteiger partial charge in [0.15, 0.2) is 11.9 Å². The number of carbonyl (C=O) groups is 2. The van der Waals surface area contributed by atoms with Crippen molar-refractivity contribution >= 4 is 11.8 Å². The second kappa shape index (κ2) is 11.5. The summed E-state index contributed by atoms with van der Waals surface area (Å²) >= 11 is 0. The summed E-state index contributed by atoms with van der Waals surface area (Å²) in [5, 5.41) is 9.05. The summed E-state index contributed by atoms with van der Waals surface area (Å²) in [6, 6.07) is 23.8. The quantitative estimate of drug-likeness (QED) is 0.409. The highest BCUT2D eigenvalue weighted by molar-refractivity contribution is 6.08. The summed E-state index contributed by atoms with van der Waals surface area (Å²) in [5.41, 5.74) is 3.20. The Morgan fingerprint density at radius 1 is 0.844 bits per heavy atom. The summed E-state index contributed by atoms with van der Waals surface area (Å²) in [7, 11) is 1.39. The molecule has 162 valence electrons. The second-order valence-corrected chi connectivity index (χ2v) is 7.12. The SMILES string of the molecule is CO[C@@H](Cc1ccc(CC#CCOc2ccc(C(=O)c3ccccc3)cc2)cc1)C(=O)O. The highest BCUT2D eigenvalue weighted by atomic mass is 16.5. The van der Waals surface area contributed by atoms with E-state index in [1.807, 2.05) is 42.5 Å². The molecule has 0 saturated heterocycles. The Labute approximate surface area is 187 Å². The van der Waals surface area contributed by atoms with Gasteiger partial charge in [-0.3, -0.25) is 4.79 Å². The fourth-order valence-electron chi connectivity index (χ4n) is 3.07. The molecule has 1 N–H and O–H groups in total. The van der Waals surface area contributed by atoms with Crippen molar-refractivity contribution in [1.82, 2.24) is 0 Å². The van der Waals surface area contributed by atoms with E-state index in [4.69, 9.17) is 14.6 Å². The lowest BCUT2D eigenvalue weighted by Crippen LogP contribution is -2.24. The van der Waals surface area contributed by atoms with E-state index in [1.54, 1.807) is 36.4 Å². The van der Waals surface area contributed by atoms with Gasteiger partial charge in [0.25, 0.3) is 0 Å². The first-order valence-corrected chi connectivity index (χ1v) is 10.2. The van der Waals surface area contributed by atoms with E-state index in [-0.39, 0.29) is 12.4 Å². The zero-order valence-corrected chi connectivity index (χ0v) is 17.8. The van der Waals surface area contributed by atoms with E-state index in [2.05, 4.69) is 11.8 Å². The van der Waals surface area contributed by atoms with Crippen LogP contribution in [0, 0.1) is 11.8 Å². The average Bonchev–Trinajstić information content (AvgIpc) is 2.83. The molecular formula is C27H24O5. The first kappa shape index (κ1) is 22.8. The van der Waals surface area contributed by atoms with E-state index in [1.165, 1.54) is 7.11 Å². The maximum atomic E-state index is 12.4. The van der Waals surface area contributed by atoms with Crippen molar-refractivity contribution in [3.63, 3.8) is 0 Å². The summed E-state index contributed by atoms with van der Waals surface area (Å²) in [6.07, 6.45) is 0.0469. The Balaban J connectivity index is 1.46. The lowest BCUT2D eigenvalue weighted by molar-refractivity contribution is -0.148. The zero-order chi connectivity index (χ0) is 22.8. The van der Waals surface area contributed by atoms with Gasteiger partial charge >= 0.3 is 5.97 Å². The number of ketones is 1. The van der Waals surface area contributed by atoms with Crippen LogP contribution in [-0.4, -0.2) is 36.7 Å². The Bertz CT molecular complexity index is 1090. The smallest absolute Gasteiger partial charge is 0.333 e. The van der Waals surface area contributed by atoms with Crippen LogP contribution < -0.4 is 4.74 Å². The van der Waals surface area contributed by atoms with Crippen molar-refractivity contribution in [2.75, 3.05) is 13.7 Å². The maximum absolute atomic E-state index is 12.4. The molecule has 0 unspecified atom stereocenters. The Morgan fingerprint density at radius 3 is 2.09 bits per heavy atom. The molecule has 3 rings (SSSR count). The highest BCUT2D eigenvalue weighted by Crippen LogP contribution is 2.15. The van der Waals surface area contributed by atoms with Crippen molar-refractivity contribution in [3.8, 4) is 17.6 Å². The first-order chi connectivity index (χ1) is 15.6. The molecule has 5 nitrogen and oxygen atoms in total. The molecule has 0 amide bonds. The largest absolute Gasteiger partial charge is 0.481 e. The third-order valence-electron chi connectivity index (χ3n) is 4.89. The lowest BCUT2D eigenvalue weighted by atomic mass is 10.0. The molecule has 0 aliphatic heterocycles. The number of carboxylic acids is 1. The predicted octanol–water partition coefficient (Wildman–Crippen LogP) is 4.18. The highest BCUT2D eigenvalue weighted by Gasteiger charge is 2.16. The molecule has 0 fully saturated rings. The van der Waals surface area contributed by atoms with Gasteiger partial charge < -0.3 is 14.6 Å². The van der Waals surface area contributed by atoms with Crippen LogP contribution in [0.15, 0.2) is 78.9 Å². The van der Waals surface area contributed by atoms with Gasteiger partial charge in [0.05, 0.1) is 0 Å². The summed E-state index contributed by atoms with van der Waals surface area (Å²) in [4.78, 5) is 23.5. The van der Waals surface area contributed by atoms with Crippen molar-refractivity contribution in [2.45, 2.75) is 18.9 Å². The van der Waals surface area contributed by atoms with Gasteiger partial charge in [-0.1, -0.05) is 66.4 Å². The average molecular weight is 428 g/mol. The summed E-state index contributed by atoms with van der Waals surface area (Å²) < 4.78 is 10.6. The number of aliphatic carboxylic acids is 1. The zero-order valence-electron chi connectivity index (χ0n) is 17.8. The molecule has 3 aromatic carbocycles. The molecule has 0 radical (unpaired) electrons. The van der Waals surface area contributed by atoms with Crippen molar-refractivity contribution in [1.29, 1.82) is 0 Å². The summed E-state index contributed by atoms with van der Waals surface area (Å²) in [6.45, 7) is 0.248. The number of carboxylic acid groups (broad SMARTS) is 1. The van der Waals surface area contributed by atoms with Gasteiger partial charge in [0.2, 0.25) is 0 Å². The van der Waals surface area contributed by atoms with Crippen LogP contribution in [0.3, 0.4) is 0 Å². The van der Waals surface area contributed by atoms with Crippen LogP contribution in [0.25, 0.3) is 0 Å². The van der Waals surface area contributed by atoms with Crippen LogP contribution in [-0.2, 0) is 22.4 Å². The topological polar surface area (TPSA) is 72.8 Å². The van der Waals surface area contributed by atoms with E-state index >= 15 is 0 Å². The molecule has 0 saturated carbocycles. The van der Waals surface area contributed by atoms with Crippen molar-refractivity contribution < 1.29 is 24.2 Å². The molecular weight excluding hydrogens is 404 g/mol. The number of hydrogen-bond acceptors (Lipinski definition) is 4. The first-order valence-electron chi connectivity index (χ1n) is 10.2. The minimum absolute atomic E-state index is 0.0244. The van der Waals surface area contributed by atoms with Crippen LogP contribution in [0.2, 0.25) is 0 Å². The predicted molar refractivity (Wildman–Crippen MR) is 122 cm³/mol. The van der Waals surface area contributed by atoms with E-state index in [0.717, 1.165) is 11.1 Å². The minimum atomic E-state index is -0.972. The third kappa shape index (κ3) is 6.56. The Hall–Kier alpha value is -3.88. The molecule has 32 heavy (non-hydrogen) atoms. The lowest BCUT2D eigenvalue weighted by Gasteiger charge is -2.10. The van der Waals surface area contributed by atoms with E-state index in [0.29, 0.717) is 29.7 Å². The Morgan fingerprint density at radius 2 is 1.47 bits per heavy atom. The number of carbonyl (C=O) groups excluding carboxylic acids is 1. The van der Waals surface area contributed by atoms with E-state index in [9.17, 15) is 9.59 Å². The molecule has 0 bridgehead atoms. The van der Waals surface area contributed by atoms with Gasteiger partial charge in [-0.05, 0) is 35.4 Å². The van der Waals surface area contributed by atoms with Crippen molar-refractivity contribution in [2.24, 2.45) is 0 Å². The Kier molecular flexibility index (Phi) is 8.19. The standard InChI is InChI=1S/C27H24O5/c1-31-25(27(29)30)19-21-12-10-20(11-13-21)7-5-6-18-32-24-16-14-23(15-17-24)26(28)22-8-3-2-4-9-22/h2-4,8-17,25H,7,18-19H2,1H3,(H,29,30)/t25-/m0/s1. The third-order valence-corrected chi connectivity index (χ3v) is 4.89. The number of rotatable bonds is 9. The fraction of sp³-hybridized carbons (Fsp3) is 0.185. The molecule has 0 aliphatic rings. The normalized spacial score (nSPS) is 11.2. The van der Waals surface area contributed by atoms with Gasteiger partial charge in [-0.15, -0.1) is 0 Å². The fourth-order valence-corrected chi connectivity index (χ4v) is 3.07. The van der Waals surface area contributed by atoms with Crippen LogP contribution in [0.4, 0.5) is 0 Å². The summed E-state index contributed by atoms with van der Waals surface area (Å²) in [5.74, 6) is 5.70. The molecule has 5 heteroatoms. The molecule has 3 aromatic rings. The van der Waals surface area contributed by atoms with Gasteiger partial charge in [-0.25, -0.2) is 4.79 Å². The van der Waals surface area contributed by atoms with E-state index < -0.39 is 12.1 Å². The number of methoxy groups -OCH3 is 1. The molecule has 0 heterocycles. The maximum Gasteiger partial charge on any atom is 0.333 e. The van der Waals surface area contributed by atoms with Gasteiger partial charge in [0, 0.05) is 31.1 Å². The number of benzene rings is 3. The molecule has 0 aromatic heterocycles. The molecule has 1 atom stereocenters. The van der Waals surface area contributed by atoms with Crippen LogP contribution >= 0.6 is 0 Å². The number of ether oxygens (including phenoxy) is 2. The molecule has 0 spiro atoms. The van der Waals surface area contributed by atoms with Crippen LogP contribution in [0.5, 0.6) is 5.75 Å². The van der Waals surface area contributed by atoms with Gasteiger partial charge in [-0.2, -0.15) is 0 Å². The van der Waals surface area contributed by atoms with Crippen LogP contribution in [0.1, 0.15) is 27.0 Å². The monoisotopic (exact) mass is 428 g/mol. The molecule has 0 aliphatic carbocycles. The van der Waals surface area contributed by atoms with Gasteiger partial charge in [0.1, 0.15) is 12.4 Å². The van der Waals surface area contributed by atoms with Crippen molar-refractivity contribution in [3.05, 3.63) is 101 Å².